The Hall–Kier alpha value is -0.860. The molecule has 2 aliphatic rings. The van der Waals surface area contributed by atoms with E-state index in [0.29, 0.717) is 5.92 Å². The van der Waals surface area contributed by atoms with E-state index in [0.717, 1.165) is 19.3 Å². The first kappa shape index (κ1) is 10.7. The summed E-state index contributed by atoms with van der Waals surface area (Å²) < 4.78 is 0. The summed E-state index contributed by atoms with van der Waals surface area (Å²) in [5, 5.41) is 9.21. The SMILES string of the molecule is CC12CCC(C1)C(C)(C)C(=O)C2C(=O)O. The molecule has 0 aromatic rings. The molecular formula is C12H18O3. The molecule has 3 atom stereocenters. The van der Waals surface area contributed by atoms with Crippen LogP contribution in [0.5, 0.6) is 0 Å². The number of ketones is 1. The average molecular weight is 210 g/mol. The Kier molecular flexibility index (Phi) is 2.01. The number of hydrogen-bond donors (Lipinski definition) is 1. The lowest BCUT2D eigenvalue weighted by Gasteiger charge is -2.42. The smallest absolute Gasteiger partial charge is 0.314 e. The third kappa shape index (κ3) is 1.25. The summed E-state index contributed by atoms with van der Waals surface area (Å²) in [6.07, 6.45) is 2.77. The van der Waals surface area contributed by atoms with Gasteiger partial charge in [-0.25, -0.2) is 0 Å². The minimum absolute atomic E-state index is 0.0637. The lowest BCUT2D eigenvalue weighted by atomic mass is 9.59. The molecule has 84 valence electrons. The molecule has 2 saturated carbocycles. The molecule has 0 aromatic heterocycles. The maximum absolute atomic E-state index is 12.2. The molecule has 0 aliphatic heterocycles. The number of Topliss-reactive ketones (excluding diaryl/α,β-unsaturated/α-hetero) is 1. The van der Waals surface area contributed by atoms with E-state index in [1.807, 2.05) is 20.8 Å². The van der Waals surface area contributed by atoms with E-state index >= 15 is 0 Å². The summed E-state index contributed by atoms with van der Waals surface area (Å²) in [4.78, 5) is 23.4. The van der Waals surface area contributed by atoms with Crippen LogP contribution in [-0.2, 0) is 9.59 Å². The standard InChI is InChI=1S/C12H18O3/c1-11(2)7-4-5-12(3,6-7)8(9(11)13)10(14)15/h7-8H,4-6H2,1-3H3,(H,14,15). The van der Waals surface area contributed by atoms with Crippen molar-refractivity contribution in [3.63, 3.8) is 0 Å². The second-order valence-electron chi connectivity index (χ2n) is 5.95. The van der Waals surface area contributed by atoms with Crippen LogP contribution in [0.3, 0.4) is 0 Å². The molecule has 3 unspecified atom stereocenters. The van der Waals surface area contributed by atoms with Gasteiger partial charge in [0.05, 0.1) is 0 Å². The number of carbonyl (C=O) groups is 2. The highest BCUT2D eigenvalue weighted by atomic mass is 16.4. The van der Waals surface area contributed by atoms with Crippen molar-refractivity contribution < 1.29 is 14.7 Å². The van der Waals surface area contributed by atoms with Crippen LogP contribution in [0.2, 0.25) is 0 Å². The molecule has 2 rings (SSSR count). The maximum atomic E-state index is 12.2. The van der Waals surface area contributed by atoms with Crippen LogP contribution in [0.4, 0.5) is 0 Å². The van der Waals surface area contributed by atoms with E-state index in [1.165, 1.54) is 0 Å². The van der Waals surface area contributed by atoms with Gasteiger partial charge < -0.3 is 5.11 Å². The van der Waals surface area contributed by atoms with Crippen molar-refractivity contribution >= 4 is 11.8 Å². The van der Waals surface area contributed by atoms with Gasteiger partial charge in [-0.3, -0.25) is 9.59 Å². The molecule has 0 heterocycles. The summed E-state index contributed by atoms with van der Waals surface area (Å²) in [6, 6.07) is 0. The molecule has 0 aromatic carbocycles. The maximum Gasteiger partial charge on any atom is 0.314 e. The van der Waals surface area contributed by atoms with E-state index in [9.17, 15) is 14.7 Å². The van der Waals surface area contributed by atoms with Gasteiger partial charge in [0.1, 0.15) is 5.92 Å². The molecule has 2 bridgehead atoms. The fourth-order valence-corrected chi connectivity index (χ4v) is 3.45. The van der Waals surface area contributed by atoms with Crippen LogP contribution in [0.1, 0.15) is 40.0 Å². The Bertz CT molecular complexity index is 332. The van der Waals surface area contributed by atoms with Crippen LogP contribution >= 0.6 is 0 Å². The van der Waals surface area contributed by atoms with Gasteiger partial charge in [-0.05, 0) is 30.6 Å². The van der Waals surface area contributed by atoms with E-state index in [-0.39, 0.29) is 11.2 Å². The van der Waals surface area contributed by atoms with Crippen molar-refractivity contribution in [2.24, 2.45) is 22.7 Å². The topological polar surface area (TPSA) is 54.4 Å². The fraction of sp³-hybridized carbons (Fsp3) is 0.833. The summed E-state index contributed by atoms with van der Waals surface area (Å²) in [6.45, 7) is 5.76. The highest BCUT2D eigenvalue weighted by Gasteiger charge is 2.60. The molecule has 0 amide bonds. The monoisotopic (exact) mass is 210 g/mol. The zero-order valence-electron chi connectivity index (χ0n) is 9.54. The predicted octanol–water partition coefficient (Wildman–Crippen LogP) is 2.10. The zero-order chi connectivity index (χ0) is 11.4. The number of rotatable bonds is 1. The van der Waals surface area contributed by atoms with Crippen molar-refractivity contribution in [3.05, 3.63) is 0 Å². The number of fused-ring (bicyclic) bond motifs is 2. The second kappa shape index (κ2) is 2.83. The number of carbonyl (C=O) groups excluding carboxylic acids is 1. The zero-order valence-corrected chi connectivity index (χ0v) is 9.54. The minimum Gasteiger partial charge on any atom is -0.481 e. The van der Waals surface area contributed by atoms with E-state index in [2.05, 4.69) is 0 Å². The summed E-state index contributed by atoms with van der Waals surface area (Å²) in [5.74, 6) is -1.40. The van der Waals surface area contributed by atoms with E-state index in [1.54, 1.807) is 0 Å². The first-order chi connectivity index (χ1) is 6.79. The second-order valence-corrected chi connectivity index (χ2v) is 5.95. The normalized spacial score (nSPS) is 43.0. The van der Waals surface area contributed by atoms with Gasteiger partial charge in [-0.2, -0.15) is 0 Å². The predicted molar refractivity (Wildman–Crippen MR) is 55.4 cm³/mol. The fourth-order valence-electron chi connectivity index (χ4n) is 3.45. The van der Waals surface area contributed by atoms with Crippen LogP contribution in [0.25, 0.3) is 0 Å². The lowest BCUT2D eigenvalue weighted by molar-refractivity contribution is -0.159. The number of carboxylic acid groups (broad SMARTS) is 1. The largest absolute Gasteiger partial charge is 0.481 e. The first-order valence-corrected chi connectivity index (χ1v) is 5.56. The Labute approximate surface area is 89.9 Å². The van der Waals surface area contributed by atoms with Gasteiger partial charge in [-0.1, -0.05) is 20.8 Å². The van der Waals surface area contributed by atoms with E-state index in [4.69, 9.17) is 0 Å². The van der Waals surface area contributed by atoms with Crippen LogP contribution in [-0.4, -0.2) is 16.9 Å². The average Bonchev–Trinajstić information content (AvgIpc) is 2.44. The molecule has 0 spiro atoms. The minimum atomic E-state index is -0.934. The van der Waals surface area contributed by atoms with Crippen molar-refractivity contribution in [1.29, 1.82) is 0 Å². The molecule has 0 saturated heterocycles. The van der Waals surface area contributed by atoms with Crippen molar-refractivity contribution in [1.82, 2.24) is 0 Å². The van der Waals surface area contributed by atoms with Gasteiger partial charge in [0.25, 0.3) is 0 Å². The highest BCUT2D eigenvalue weighted by Crippen LogP contribution is 2.59. The van der Waals surface area contributed by atoms with Crippen molar-refractivity contribution in [2.45, 2.75) is 40.0 Å². The summed E-state index contributed by atoms with van der Waals surface area (Å²) >= 11 is 0. The van der Waals surface area contributed by atoms with Crippen LogP contribution in [0.15, 0.2) is 0 Å². The van der Waals surface area contributed by atoms with Crippen LogP contribution in [0, 0.1) is 22.7 Å². The Balaban J connectivity index is 2.45. The lowest BCUT2D eigenvalue weighted by Crippen LogP contribution is -2.50. The van der Waals surface area contributed by atoms with Gasteiger partial charge in [0.15, 0.2) is 5.78 Å². The molecule has 1 N–H and O–H groups in total. The molecule has 2 fully saturated rings. The van der Waals surface area contributed by atoms with Crippen molar-refractivity contribution in [3.8, 4) is 0 Å². The molecule has 3 heteroatoms. The van der Waals surface area contributed by atoms with Crippen LogP contribution < -0.4 is 0 Å². The Morgan fingerprint density at radius 3 is 2.53 bits per heavy atom. The molecule has 3 nitrogen and oxygen atoms in total. The molecule has 2 aliphatic carbocycles. The summed E-state index contributed by atoms with van der Waals surface area (Å²) in [7, 11) is 0. The van der Waals surface area contributed by atoms with Gasteiger partial charge in [0.2, 0.25) is 0 Å². The van der Waals surface area contributed by atoms with Gasteiger partial charge >= 0.3 is 5.97 Å². The number of aliphatic carboxylic acids is 1. The molecule has 15 heavy (non-hydrogen) atoms. The first-order valence-electron chi connectivity index (χ1n) is 5.56. The third-order valence-electron chi connectivity index (χ3n) is 4.64. The quantitative estimate of drug-likeness (QED) is 0.674. The summed E-state index contributed by atoms with van der Waals surface area (Å²) in [5.41, 5.74) is -0.734. The van der Waals surface area contributed by atoms with Gasteiger partial charge in [-0.15, -0.1) is 0 Å². The molecule has 0 radical (unpaired) electrons. The van der Waals surface area contributed by atoms with Gasteiger partial charge in [0, 0.05) is 5.41 Å². The molecular weight excluding hydrogens is 192 g/mol. The number of hydrogen-bond acceptors (Lipinski definition) is 2. The number of carboxylic acids is 1. The van der Waals surface area contributed by atoms with E-state index < -0.39 is 17.3 Å². The Morgan fingerprint density at radius 1 is 1.40 bits per heavy atom. The van der Waals surface area contributed by atoms with Crippen molar-refractivity contribution in [2.75, 3.05) is 0 Å². The third-order valence-corrected chi connectivity index (χ3v) is 4.64. The highest BCUT2D eigenvalue weighted by molar-refractivity contribution is 6.03. The Morgan fingerprint density at radius 2 is 2.00 bits per heavy atom.